The Morgan fingerprint density at radius 1 is 1.11 bits per heavy atom. The van der Waals surface area contributed by atoms with Gasteiger partial charge in [0.15, 0.2) is 5.11 Å². The highest BCUT2D eigenvalue weighted by molar-refractivity contribution is 7.80. The van der Waals surface area contributed by atoms with Crippen molar-refractivity contribution >= 4 is 63.7 Å². The van der Waals surface area contributed by atoms with Gasteiger partial charge in [-0.25, -0.2) is 9.98 Å². The zero-order valence-electron chi connectivity index (χ0n) is 18.5. The summed E-state index contributed by atoms with van der Waals surface area (Å²) in [6, 6.07) is 12.5. The lowest BCUT2D eigenvalue weighted by Crippen LogP contribution is -2.49. The van der Waals surface area contributed by atoms with E-state index in [1.807, 2.05) is 30.4 Å². The van der Waals surface area contributed by atoms with Crippen LogP contribution in [-0.4, -0.2) is 28.7 Å². The van der Waals surface area contributed by atoms with E-state index in [-0.39, 0.29) is 16.4 Å². The van der Waals surface area contributed by atoms with Crippen molar-refractivity contribution in [1.29, 1.82) is 0 Å². The fourth-order valence-electron chi connectivity index (χ4n) is 4.24. The van der Waals surface area contributed by atoms with Crippen LogP contribution in [0.5, 0.6) is 0 Å². The predicted octanol–water partition coefficient (Wildman–Crippen LogP) is 5.39. The number of carbonyl (C=O) groups excluding carboxylic acids is 1. The number of hydrogen-bond donors (Lipinski definition) is 3. The maximum atomic E-state index is 13.1. The van der Waals surface area contributed by atoms with E-state index in [1.54, 1.807) is 30.5 Å². The maximum absolute atomic E-state index is 13.1. The van der Waals surface area contributed by atoms with Crippen LogP contribution in [0.2, 0.25) is 10.0 Å². The lowest BCUT2D eigenvalue weighted by atomic mass is 9.77. The Balaban J connectivity index is 1.41. The fourth-order valence-corrected chi connectivity index (χ4v) is 4.87. The van der Waals surface area contributed by atoms with Crippen molar-refractivity contribution in [3.63, 3.8) is 0 Å². The van der Waals surface area contributed by atoms with Crippen LogP contribution in [0.4, 0.5) is 5.69 Å². The third-order valence-corrected chi connectivity index (χ3v) is 6.75. The molecular formula is C26H21Cl2N5OS. The highest BCUT2D eigenvalue weighted by Gasteiger charge is 2.30. The summed E-state index contributed by atoms with van der Waals surface area (Å²) in [7, 11) is 0. The Morgan fingerprint density at radius 2 is 1.97 bits per heavy atom. The number of halogens is 2. The Hall–Kier alpha value is -3.26. The average Bonchev–Trinajstić information content (AvgIpc) is 2.96. The Bertz CT molecular complexity index is 1360. The number of thiocarbonyl (C=S) groups is 1. The van der Waals surface area contributed by atoms with Crippen LogP contribution >= 0.6 is 35.4 Å². The van der Waals surface area contributed by atoms with Gasteiger partial charge in [0.05, 0.1) is 11.4 Å². The lowest BCUT2D eigenvalue weighted by Gasteiger charge is -2.31. The van der Waals surface area contributed by atoms with Gasteiger partial charge in [-0.3, -0.25) is 4.79 Å². The van der Waals surface area contributed by atoms with Gasteiger partial charge in [0.2, 0.25) is 6.17 Å². The third-order valence-electron chi connectivity index (χ3n) is 5.96. The first kappa shape index (κ1) is 23.5. The number of nitrogens with one attached hydrogen (secondary N) is 3. The lowest BCUT2D eigenvalue weighted by molar-refractivity contribution is -0.117. The molecule has 2 unspecified atom stereocenters. The molecule has 2 aromatic rings. The predicted molar refractivity (Wildman–Crippen MR) is 146 cm³/mol. The van der Waals surface area contributed by atoms with Gasteiger partial charge in [-0.15, -0.1) is 0 Å². The largest absolute Gasteiger partial charge is 0.333 e. The van der Waals surface area contributed by atoms with Gasteiger partial charge in [-0.05, 0) is 42.9 Å². The van der Waals surface area contributed by atoms with Crippen LogP contribution in [0.25, 0.3) is 0 Å². The van der Waals surface area contributed by atoms with Crippen LogP contribution in [0.15, 0.2) is 89.0 Å². The number of rotatable bonds is 2. The molecule has 0 fully saturated rings. The molecule has 2 heterocycles. The number of aliphatic imine (C=N–C) groups is 2. The number of anilines is 1. The van der Waals surface area contributed by atoms with Crippen LogP contribution in [-0.2, 0) is 4.79 Å². The average molecular weight is 522 g/mol. The van der Waals surface area contributed by atoms with Gasteiger partial charge in [-0.1, -0.05) is 71.8 Å². The SMILES string of the molecule is O=C1Nc2ccc(Cl)cc2C(c2ccccc2Cl)=NC1NC(=S)NC1=NC=CC2(C=CC=CC2)C1. The Labute approximate surface area is 218 Å². The van der Waals surface area contributed by atoms with Crippen LogP contribution in [0, 0.1) is 5.41 Å². The van der Waals surface area contributed by atoms with Crippen molar-refractivity contribution in [2.75, 3.05) is 5.32 Å². The first-order chi connectivity index (χ1) is 16.9. The number of hydrogen-bond acceptors (Lipinski definition) is 4. The van der Waals surface area contributed by atoms with Crippen LogP contribution in [0.3, 0.4) is 0 Å². The number of nitrogens with zero attached hydrogens (tertiary/aromatic N) is 2. The number of allylic oxidation sites excluding steroid dienone is 5. The molecular weight excluding hydrogens is 501 g/mol. The van der Waals surface area contributed by atoms with Crippen LogP contribution in [0.1, 0.15) is 24.0 Å². The molecule has 1 amide bonds. The summed E-state index contributed by atoms with van der Waals surface area (Å²) in [5.41, 5.74) is 2.35. The summed E-state index contributed by atoms with van der Waals surface area (Å²) in [4.78, 5) is 22.3. The summed E-state index contributed by atoms with van der Waals surface area (Å²) >= 11 is 18.3. The Morgan fingerprint density at radius 3 is 2.77 bits per heavy atom. The zero-order valence-corrected chi connectivity index (χ0v) is 20.8. The normalized spacial score (nSPS) is 22.6. The van der Waals surface area contributed by atoms with Crippen molar-refractivity contribution in [1.82, 2.24) is 10.6 Å². The molecule has 1 aliphatic carbocycles. The van der Waals surface area contributed by atoms with E-state index in [0.29, 0.717) is 44.8 Å². The van der Waals surface area contributed by atoms with E-state index in [4.69, 9.17) is 40.4 Å². The second kappa shape index (κ2) is 9.77. The molecule has 5 rings (SSSR count). The molecule has 6 nitrogen and oxygen atoms in total. The molecule has 0 saturated carbocycles. The second-order valence-electron chi connectivity index (χ2n) is 8.43. The first-order valence-electron chi connectivity index (χ1n) is 11.0. The van der Waals surface area contributed by atoms with Crippen molar-refractivity contribution in [3.8, 4) is 0 Å². The molecule has 2 atom stereocenters. The quantitative estimate of drug-likeness (QED) is 0.463. The molecule has 1 spiro atoms. The van der Waals surface area contributed by atoms with E-state index < -0.39 is 6.17 Å². The summed E-state index contributed by atoms with van der Waals surface area (Å²) in [5, 5.41) is 10.3. The minimum absolute atomic E-state index is 0.121. The number of carbonyl (C=O) groups is 1. The van der Waals surface area contributed by atoms with Crippen molar-refractivity contribution in [2.24, 2.45) is 15.4 Å². The molecule has 0 radical (unpaired) electrons. The van der Waals surface area contributed by atoms with Gasteiger partial charge in [0, 0.05) is 39.2 Å². The molecule has 9 heteroatoms. The molecule has 3 N–H and O–H groups in total. The van der Waals surface area contributed by atoms with Gasteiger partial charge in [0.25, 0.3) is 5.91 Å². The number of amidine groups is 1. The van der Waals surface area contributed by atoms with E-state index >= 15 is 0 Å². The number of benzene rings is 2. The maximum Gasteiger partial charge on any atom is 0.269 e. The second-order valence-corrected chi connectivity index (χ2v) is 9.68. The van der Waals surface area contributed by atoms with Crippen molar-refractivity contribution in [2.45, 2.75) is 19.0 Å². The molecule has 0 bridgehead atoms. The number of amides is 1. The standard InChI is InChI=1S/C26H21Cl2N5OS/c27-16-8-9-20-18(14-16)22(17-6-2-3-7-19(17)28)32-23(24(34)30-20)33-25(35)31-21-15-26(12-13-29-21)10-4-1-5-11-26/h1-10,12-14,23H,11,15H2,(H,30,34)(H2,29,31,33,35). The van der Waals surface area contributed by atoms with Gasteiger partial charge < -0.3 is 16.0 Å². The number of fused-ring (bicyclic) bond motifs is 1. The smallest absolute Gasteiger partial charge is 0.269 e. The highest BCUT2D eigenvalue weighted by Crippen LogP contribution is 2.35. The van der Waals surface area contributed by atoms with E-state index in [0.717, 1.165) is 6.42 Å². The molecule has 2 aliphatic heterocycles. The fraction of sp³-hybridized carbons (Fsp3) is 0.154. The zero-order chi connectivity index (χ0) is 24.4. The molecule has 176 valence electrons. The van der Waals surface area contributed by atoms with Crippen LogP contribution < -0.4 is 16.0 Å². The van der Waals surface area contributed by atoms with Gasteiger partial charge in [0.1, 0.15) is 5.84 Å². The molecule has 0 saturated heterocycles. The van der Waals surface area contributed by atoms with Gasteiger partial charge >= 0.3 is 0 Å². The monoisotopic (exact) mass is 521 g/mol. The molecule has 0 aromatic heterocycles. The summed E-state index contributed by atoms with van der Waals surface area (Å²) in [6.07, 6.45) is 12.8. The summed E-state index contributed by atoms with van der Waals surface area (Å²) in [6.45, 7) is 0. The van der Waals surface area contributed by atoms with E-state index in [1.165, 1.54) is 0 Å². The first-order valence-corrected chi connectivity index (χ1v) is 12.2. The highest BCUT2D eigenvalue weighted by atomic mass is 35.5. The van der Waals surface area contributed by atoms with Crippen molar-refractivity contribution < 1.29 is 4.79 Å². The van der Waals surface area contributed by atoms with E-state index in [2.05, 4.69) is 39.2 Å². The summed E-state index contributed by atoms with van der Waals surface area (Å²) < 4.78 is 0. The third kappa shape index (κ3) is 5.07. The minimum Gasteiger partial charge on any atom is -0.333 e. The number of benzodiazepines with no additional fused rings is 1. The van der Waals surface area contributed by atoms with Gasteiger partial charge in [-0.2, -0.15) is 0 Å². The molecule has 35 heavy (non-hydrogen) atoms. The topological polar surface area (TPSA) is 77.9 Å². The Kier molecular flexibility index (Phi) is 6.56. The molecule has 3 aliphatic rings. The van der Waals surface area contributed by atoms with E-state index in [9.17, 15) is 4.79 Å². The minimum atomic E-state index is -1.00. The van der Waals surface area contributed by atoms with Crippen molar-refractivity contribution in [3.05, 3.63) is 100 Å². The summed E-state index contributed by atoms with van der Waals surface area (Å²) in [5.74, 6) is 0.353. The molecule has 2 aromatic carbocycles.